The number of carbonyl (C=O) groups excluding carboxylic acids is 2. The molecule has 0 aromatic heterocycles. The first kappa shape index (κ1) is 47.2. The van der Waals surface area contributed by atoms with Gasteiger partial charge in [-0.15, -0.1) is 0 Å². The molecule has 0 amide bonds. The highest BCUT2D eigenvalue weighted by Gasteiger charge is 2.56. The van der Waals surface area contributed by atoms with Crippen LogP contribution in [0, 0.1) is 40.5 Å². The minimum atomic E-state index is -2.61. The van der Waals surface area contributed by atoms with Gasteiger partial charge in [0.1, 0.15) is 29.8 Å². The highest BCUT2D eigenvalue weighted by atomic mass is 16.6. The predicted octanol–water partition coefficient (Wildman–Crippen LogP) is 7.01. The van der Waals surface area contributed by atoms with Crippen LogP contribution in [0.3, 0.4) is 0 Å². The summed E-state index contributed by atoms with van der Waals surface area (Å²) in [6.45, 7) is 1.52. The molecule has 0 spiro atoms. The first-order valence-electron chi connectivity index (χ1n) is 19.4. The standard InChI is InChI=1S/C37H50N8O14/c1-2-3-4-5-6-7-8-9-10-11-12-13-14-16-33(47)58-25-32(46)34-35(41-40-29-20-18-27(43(52)53)24-31(29)45(56)57)37(49,36(48)59-34)21-15-22-38-39-28-19-17-26(42(50)51)23-30(28)44(54)55/h17-20,22-24,32,34,39-40,46,49H,2-16,21,25H2,1H3/b38-22+,41-35-. The molecule has 322 valence electrons. The molecule has 2 aromatic rings. The largest absolute Gasteiger partial charge is 0.463 e. The molecular weight excluding hydrogens is 780 g/mol. The summed E-state index contributed by atoms with van der Waals surface area (Å²) in [7, 11) is 0. The van der Waals surface area contributed by atoms with Crippen LogP contribution in [0.25, 0.3) is 0 Å². The number of ether oxygens (including phenoxy) is 2. The van der Waals surface area contributed by atoms with Crippen molar-refractivity contribution in [3.05, 3.63) is 76.9 Å². The molecule has 0 aliphatic carbocycles. The van der Waals surface area contributed by atoms with Crippen molar-refractivity contribution in [1.82, 2.24) is 0 Å². The molecule has 1 saturated heterocycles. The topological polar surface area (TPSA) is 314 Å². The van der Waals surface area contributed by atoms with E-state index in [1.807, 2.05) is 0 Å². The van der Waals surface area contributed by atoms with E-state index >= 15 is 0 Å². The average Bonchev–Trinajstić information content (AvgIpc) is 3.45. The summed E-state index contributed by atoms with van der Waals surface area (Å²) >= 11 is 0. The van der Waals surface area contributed by atoms with E-state index in [0.29, 0.717) is 12.5 Å². The maximum atomic E-state index is 13.1. The Labute approximate surface area is 338 Å². The number of hydrogen-bond donors (Lipinski definition) is 4. The van der Waals surface area contributed by atoms with Crippen LogP contribution in [0.5, 0.6) is 0 Å². The van der Waals surface area contributed by atoms with Gasteiger partial charge in [0.15, 0.2) is 6.10 Å². The maximum Gasteiger partial charge on any atom is 0.345 e. The van der Waals surface area contributed by atoms with Crippen molar-refractivity contribution in [3.8, 4) is 0 Å². The third-order valence-electron chi connectivity index (χ3n) is 9.50. The molecule has 1 fully saturated rings. The van der Waals surface area contributed by atoms with Crippen molar-refractivity contribution >= 4 is 58.0 Å². The summed E-state index contributed by atoms with van der Waals surface area (Å²) in [6.07, 6.45) is 11.4. The van der Waals surface area contributed by atoms with Gasteiger partial charge in [-0.05, 0) is 31.4 Å². The summed E-state index contributed by atoms with van der Waals surface area (Å²) < 4.78 is 10.5. The first-order chi connectivity index (χ1) is 28.2. The van der Waals surface area contributed by atoms with Crippen molar-refractivity contribution in [2.45, 2.75) is 127 Å². The maximum absolute atomic E-state index is 13.1. The van der Waals surface area contributed by atoms with Crippen LogP contribution < -0.4 is 10.9 Å². The predicted molar refractivity (Wildman–Crippen MR) is 214 cm³/mol. The van der Waals surface area contributed by atoms with Crippen molar-refractivity contribution in [1.29, 1.82) is 0 Å². The minimum Gasteiger partial charge on any atom is -0.463 e. The molecule has 22 heteroatoms. The van der Waals surface area contributed by atoms with Gasteiger partial charge in [-0.3, -0.25) is 56.1 Å². The number of rotatable bonds is 28. The lowest BCUT2D eigenvalue weighted by molar-refractivity contribution is -0.393. The number of esters is 2. The van der Waals surface area contributed by atoms with Gasteiger partial charge >= 0.3 is 23.3 Å². The third kappa shape index (κ3) is 14.6. The number of carbonyl (C=O) groups is 2. The fraction of sp³-hybridized carbons (Fsp3) is 0.568. The Balaban J connectivity index is 1.64. The quantitative estimate of drug-likeness (QED) is 0.0220. The van der Waals surface area contributed by atoms with Gasteiger partial charge in [0.2, 0.25) is 5.60 Å². The Morgan fingerprint density at radius 1 is 0.814 bits per heavy atom. The number of cyclic esters (lactones) is 1. The number of hydrazone groups is 2. The van der Waals surface area contributed by atoms with E-state index in [9.17, 15) is 60.3 Å². The molecule has 1 heterocycles. The molecule has 0 saturated carbocycles. The van der Waals surface area contributed by atoms with E-state index < -0.39 is 90.9 Å². The van der Waals surface area contributed by atoms with Gasteiger partial charge in [0, 0.05) is 24.8 Å². The fourth-order valence-corrected chi connectivity index (χ4v) is 6.21. The third-order valence-corrected chi connectivity index (χ3v) is 9.50. The molecule has 1 aliphatic rings. The van der Waals surface area contributed by atoms with Crippen LogP contribution in [0.4, 0.5) is 34.1 Å². The molecule has 3 rings (SSSR count). The molecule has 59 heavy (non-hydrogen) atoms. The number of hydrogen-bond acceptors (Lipinski definition) is 18. The lowest BCUT2D eigenvalue weighted by Crippen LogP contribution is -2.46. The van der Waals surface area contributed by atoms with E-state index in [1.54, 1.807) is 0 Å². The van der Waals surface area contributed by atoms with Crippen LogP contribution in [0.15, 0.2) is 46.6 Å². The summed E-state index contributed by atoms with van der Waals surface area (Å²) in [5.41, 5.74) is -1.71. The van der Waals surface area contributed by atoms with Crippen LogP contribution >= 0.6 is 0 Å². The molecule has 3 atom stereocenters. The highest BCUT2D eigenvalue weighted by Crippen LogP contribution is 2.33. The van der Waals surface area contributed by atoms with Crippen molar-refractivity contribution in [2.24, 2.45) is 10.2 Å². The fourth-order valence-electron chi connectivity index (χ4n) is 6.21. The number of nitro groups is 4. The van der Waals surface area contributed by atoms with Crippen LogP contribution in [0.2, 0.25) is 0 Å². The molecule has 1 aliphatic heterocycles. The first-order valence-corrected chi connectivity index (χ1v) is 19.4. The lowest BCUT2D eigenvalue weighted by atomic mass is 9.90. The van der Waals surface area contributed by atoms with Gasteiger partial charge in [-0.1, -0.05) is 84.0 Å². The zero-order chi connectivity index (χ0) is 43.4. The molecule has 0 bridgehead atoms. The second-order valence-electron chi connectivity index (χ2n) is 13.9. The minimum absolute atomic E-state index is 0.0710. The Morgan fingerprint density at radius 3 is 1.80 bits per heavy atom. The van der Waals surface area contributed by atoms with Crippen molar-refractivity contribution in [3.63, 3.8) is 0 Å². The summed E-state index contributed by atoms with van der Waals surface area (Å²) in [5.74, 6) is -1.92. The zero-order valence-electron chi connectivity index (χ0n) is 32.7. The number of aliphatic hydroxyl groups is 2. The van der Waals surface area contributed by atoms with Crippen LogP contribution in [-0.4, -0.2) is 78.2 Å². The molecule has 22 nitrogen and oxygen atoms in total. The number of nitrogens with zero attached hydrogens (tertiary/aromatic N) is 6. The summed E-state index contributed by atoms with van der Waals surface area (Å²) in [4.78, 5) is 67.5. The Morgan fingerprint density at radius 2 is 1.31 bits per heavy atom. The number of unbranched alkanes of at least 4 members (excludes halogenated alkanes) is 12. The number of nitrogens with one attached hydrogen (secondary N) is 2. The molecule has 3 unspecified atom stereocenters. The summed E-state index contributed by atoms with van der Waals surface area (Å²) in [5, 5.41) is 75.7. The highest BCUT2D eigenvalue weighted by molar-refractivity contribution is 6.17. The zero-order valence-corrected chi connectivity index (χ0v) is 32.7. The van der Waals surface area contributed by atoms with Crippen LogP contribution in [0.1, 0.15) is 110 Å². The monoisotopic (exact) mass is 830 g/mol. The molecule has 2 aromatic carbocycles. The van der Waals surface area contributed by atoms with Crippen molar-refractivity contribution in [2.75, 3.05) is 17.5 Å². The Kier molecular flexibility index (Phi) is 19.1. The van der Waals surface area contributed by atoms with Gasteiger partial charge in [-0.2, -0.15) is 10.2 Å². The van der Waals surface area contributed by atoms with Crippen molar-refractivity contribution < 1.29 is 49.0 Å². The number of nitro benzene ring substituents is 4. The van der Waals surface area contributed by atoms with E-state index in [0.717, 1.165) is 62.2 Å². The number of benzene rings is 2. The van der Waals surface area contributed by atoms with Crippen LogP contribution in [-0.2, 0) is 19.1 Å². The Bertz CT molecular complexity index is 1860. The van der Waals surface area contributed by atoms with E-state index in [4.69, 9.17) is 9.47 Å². The SMILES string of the molecule is CCCCCCCCCCCCCCCC(=O)OCC(O)C1OC(=O)C(O)(CC/C=N/Nc2ccc([N+](=O)[O-])cc2[N+](=O)[O-])/C1=N\Nc1ccc([N+](=O)[O-])cc1[N+](=O)[O-]. The van der Waals surface area contributed by atoms with E-state index in [1.165, 1.54) is 51.4 Å². The smallest absolute Gasteiger partial charge is 0.345 e. The van der Waals surface area contributed by atoms with Gasteiger partial charge in [-0.25, -0.2) is 4.79 Å². The summed E-state index contributed by atoms with van der Waals surface area (Å²) in [6, 6.07) is 5.36. The lowest BCUT2D eigenvalue weighted by Gasteiger charge is -2.21. The molecule has 4 N–H and O–H groups in total. The Hall–Kier alpha value is -6.16. The molecule has 0 radical (unpaired) electrons. The second-order valence-corrected chi connectivity index (χ2v) is 13.9. The number of non-ortho nitro benzene ring substituents is 2. The average molecular weight is 831 g/mol. The normalized spacial score (nSPS) is 17.4. The number of aliphatic hydroxyl groups excluding tert-OH is 1. The molecular formula is C37H50N8O14. The van der Waals surface area contributed by atoms with Gasteiger partial charge in [0.05, 0.1) is 31.8 Å². The van der Waals surface area contributed by atoms with Gasteiger partial charge in [0.25, 0.3) is 11.4 Å². The van der Waals surface area contributed by atoms with Gasteiger partial charge < -0.3 is 19.7 Å². The van der Waals surface area contributed by atoms with E-state index in [2.05, 4.69) is 28.0 Å². The van der Waals surface area contributed by atoms with E-state index in [-0.39, 0.29) is 24.2 Å². The second kappa shape index (κ2) is 23.9. The number of anilines is 2.